The van der Waals surface area contributed by atoms with Crippen molar-refractivity contribution >= 4 is 18.3 Å². The fourth-order valence-corrected chi connectivity index (χ4v) is 3.07. The van der Waals surface area contributed by atoms with E-state index < -0.39 is 5.41 Å². The topological polar surface area (TPSA) is 59.6 Å². The summed E-state index contributed by atoms with van der Waals surface area (Å²) in [6.07, 6.45) is 1.59. The highest BCUT2D eigenvalue weighted by Gasteiger charge is 2.40. The summed E-state index contributed by atoms with van der Waals surface area (Å²) in [7, 11) is 3.30. The number of carbonyl (C=O) groups excluding carboxylic acids is 1. The zero-order valence-corrected chi connectivity index (χ0v) is 14.9. The zero-order chi connectivity index (χ0) is 16.0. The first-order valence-electron chi connectivity index (χ1n) is 7.76. The molecule has 0 aromatic heterocycles. The van der Waals surface area contributed by atoms with Crippen molar-refractivity contribution in [2.24, 2.45) is 5.41 Å². The molecule has 1 amide bonds. The summed E-state index contributed by atoms with van der Waals surface area (Å²) in [5.74, 6) is 0.857. The molecule has 1 fully saturated rings. The van der Waals surface area contributed by atoms with Crippen LogP contribution in [0.25, 0.3) is 0 Å². The molecule has 1 saturated heterocycles. The van der Waals surface area contributed by atoms with Gasteiger partial charge in [0.25, 0.3) is 0 Å². The number of rotatable bonds is 6. The van der Waals surface area contributed by atoms with Gasteiger partial charge in [0, 0.05) is 12.7 Å². The van der Waals surface area contributed by atoms with E-state index in [2.05, 4.69) is 10.6 Å². The average molecular weight is 343 g/mol. The number of amides is 1. The molecule has 1 heterocycles. The summed E-state index contributed by atoms with van der Waals surface area (Å²) < 4.78 is 10.7. The number of para-hydroxylation sites is 1. The number of nitrogens with one attached hydrogen (secondary N) is 2. The highest BCUT2D eigenvalue weighted by Crippen LogP contribution is 2.31. The van der Waals surface area contributed by atoms with Crippen molar-refractivity contribution in [1.82, 2.24) is 10.6 Å². The van der Waals surface area contributed by atoms with Crippen LogP contribution in [-0.4, -0.2) is 39.8 Å². The standard InChI is InChI=1S/C17H26N2O3.ClH/c1-13(14-6-4-5-7-15(14)22-3)19-16(20)17(12-21-2)8-10-18-11-9-17;/h4-7,13,18H,8-12H2,1-3H3,(H,19,20);1H. The molecule has 0 aliphatic carbocycles. The third-order valence-corrected chi connectivity index (χ3v) is 4.42. The maximum atomic E-state index is 12.8. The fraction of sp³-hybridized carbons (Fsp3) is 0.588. The third kappa shape index (κ3) is 4.59. The summed E-state index contributed by atoms with van der Waals surface area (Å²) in [6.45, 7) is 4.14. The smallest absolute Gasteiger partial charge is 0.229 e. The van der Waals surface area contributed by atoms with Gasteiger partial charge in [-0.25, -0.2) is 0 Å². The van der Waals surface area contributed by atoms with Gasteiger partial charge < -0.3 is 20.1 Å². The molecule has 5 nitrogen and oxygen atoms in total. The molecule has 130 valence electrons. The van der Waals surface area contributed by atoms with Gasteiger partial charge in [-0.1, -0.05) is 18.2 Å². The molecular formula is C17H27ClN2O3. The van der Waals surface area contributed by atoms with Gasteiger partial charge in [0.15, 0.2) is 0 Å². The van der Waals surface area contributed by atoms with Crippen molar-refractivity contribution in [3.63, 3.8) is 0 Å². The summed E-state index contributed by atoms with van der Waals surface area (Å²) in [4.78, 5) is 12.8. The maximum Gasteiger partial charge on any atom is 0.229 e. The first kappa shape index (κ1) is 19.7. The summed E-state index contributed by atoms with van der Waals surface area (Å²) >= 11 is 0. The van der Waals surface area contributed by atoms with E-state index in [0.717, 1.165) is 37.2 Å². The molecule has 1 atom stereocenters. The average Bonchev–Trinajstić information content (AvgIpc) is 2.55. The molecule has 1 aromatic carbocycles. The van der Waals surface area contributed by atoms with Gasteiger partial charge in [-0.2, -0.15) is 0 Å². The van der Waals surface area contributed by atoms with E-state index in [0.29, 0.717) is 6.61 Å². The number of hydrogen-bond donors (Lipinski definition) is 2. The number of benzene rings is 1. The minimum Gasteiger partial charge on any atom is -0.496 e. The fourth-order valence-electron chi connectivity index (χ4n) is 3.07. The van der Waals surface area contributed by atoms with Crippen LogP contribution < -0.4 is 15.4 Å². The number of piperidine rings is 1. The van der Waals surface area contributed by atoms with Gasteiger partial charge in [-0.05, 0) is 38.9 Å². The van der Waals surface area contributed by atoms with Gasteiger partial charge in [-0.3, -0.25) is 4.79 Å². The van der Waals surface area contributed by atoms with E-state index in [-0.39, 0.29) is 24.4 Å². The number of halogens is 1. The minimum atomic E-state index is -0.434. The molecule has 1 aliphatic heterocycles. The van der Waals surface area contributed by atoms with Crippen LogP contribution in [0.2, 0.25) is 0 Å². The normalized spacial score (nSPS) is 17.7. The Labute approximate surface area is 144 Å². The predicted octanol–water partition coefficient (Wildman–Crippen LogP) is 2.31. The molecule has 2 rings (SSSR count). The van der Waals surface area contributed by atoms with E-state index >= 15 is 0 Å². The van der Waals surface area contributed by atoms with Crippen LogP contribution in [0.5, 0.6) is 5.75 Å². The van der Waals surface area contributed by atoms with Crippen molar-refractivity contribution in [1.29, 1.82) is 0 Å². The molecule has 0 saturated carbocycles. The quantitative estimate of drug-likeness (QED) is 0.833. The van der Waals surface area contributed by atoms with E-state index in [4.69, 9.17) is 9.47 Å². The SMILES string of the molecule is COCC1(C(=O)NC(C)c2ccccc2OC)CCNCC1.Cl. The summed E-state index contributed by atoms with van der Waals surface area (Å²) in [5.41, 5.74) is 0.552. The second-order valence-corrected chi connectivity index (χ2v) is 5.90. The Morgan fingerprint density at radius 1 is 1.30 bits per heavy atom. The first-order chi connectivity index (χ1) is 10.6. The highest BCUT2D eigenvalue weighted by molar-refractivity contribution is 5.85. The van der Waals surface area contributed by atoms with Gasteiger partial charge in [0.05, 0.1) is 25.2 Å². The number of ether oxygens (including phenoxy) is 2. The van der Waals surface area contributed by atoms with Crippen LogP contribution in [0, 0.1) is 5.41 Å². The molecule has 0 radical (unpaired) electrons. The number of carbonyl (C=O) groups is 1. The maximum absolute atomic E-state index is 12.8. The minimum absolute atomic E-state index is 0. The molecule has 1 aliphatic rings. The van der Waals surface area contributed by atoms with Crippen LogP contribution in [0.3, 0.4) is 0 Å². The highest BCUT2D eigenvalue weighted by atomic mass is 35.5. The molecule has 1 unspecified atom stereocenters. The number of hydrogen-bond acceptors (Lipinski definition) is 4. The molecular weight excluding hydrogens is 316 g/mol. The van der Waals surface area contributed by atoms with Crippen molar-refractivity contribution < 1.29 is 14.3 Å². The van der Waals surface area contributed by atoms with E-state index in [1.54, 1.807) is 14.2 Å². The van der Waals surface area contributed by atoms with Crippen molar-refractivity contribution in [3.8, 4) is 5.75 Å². The van der Waals surface area contributed by atoms with Crippen LogP contribution in [0.15, 0.2) is 24.3 Å². The summed E-state index contributed by atoms with van der Waals surface area (Å²) in [6, 6.07) is 7.67. The number of methoxy groups -OCH3 is 2. The lowest BCUT2D eigenvalue weighted by Crippen LogP contribution is -2.50. The lowest BCUT2D eigenvalue weighted by molar-refractivity contribution is -0.136. The molecule has 2 N–H and O–H groups in total. The van der Waals surface area contributed by atoms with Crippen molar-refractivity contribution in [2.75, 3.05) is 33.9 Å². The summed E-state index contributed by atoms with van der Waals surface area (Å²) in [5, 5.41) is 6.44. The monoisotopic (exact) mass is 342 g/mol. The Morgan fingerprint density at radius 2 is 1.96 bits per heavy atom. The Hall–Kier alpha value is -1.30. The Morgan fingerprint density at radius 3 is 2.57 bits per heavy atom. The molecule has 6 heteroatoms. The van der Waals surface area contributed by atoms with Gasteiger partial charge in [-0.15, -0.1) is 12.4 Å². The van der Waals surface area contributed by atoms with Gasteiger partial charge in [0.1, 0.15) is 5.75 Å². The lowest BCUT2D eigenvalue weighted by atomic mass is 9.78. The van der Waals surface area contributed by atoms with E-state index in [9.17, 15) is 4.79 Å². The molecule has 0 bridgehead atoms. The first-order valence-corrected chi connectivity index (χ1v) is 7.76. The molecule has 0 spiro atoms. The van der Waals surface area contributed by atoms with Crippen LogP contribution in [-0.2, 0) is 9.53 Å². The van der Waals surface area contributed by atoms with Gasteiger partial charge in [0.2, 0.25) is 5.91 Å². The van der Waals surface area contributed by atoms with Crippen LogP contribution in [0.4, 0.5) is 0 Å². The van der Waals surface area contributed by atoms with Crippen LogP contribution in [0.1, 0.15) is 31.4 Å². The Kier molecular flexibility index (Phi) is 7.82. The molecule has 23 heavy (non-hydrogen) atoms. The Bertz CT molecular complexity index is 499. The lowest BCUT2D eigenvalue weighted by Gasteiger charge is -2.36. The van der Waals surface area contributed by atoms with Crippen molar-refractivity contribution in [3.05, 3.63) is 29.8 Å². The second kappa shape index (κ2) is 9.11. The Balaban J connectivity index is 0.00000264. The molecule has 1 aromatic rings. The van der Waals surface area contributed by atoms with Crippen LogP contribution >= 0.6 is 12.4 Å². The second-order valence-electron chi connectivity index (χ2n) is 5.90. The van der Waals surface area contributed by atoms with E-state index in [1.165, 1.54) is 0 Å². The van der Waals surface area contributed by atoms with Crippen molar-refractivity contribution in [2.45, 2.75) is 25.8 Å². The largest absolute Gasteiger partial charge is 0.496 e. The predicted molar refractivity (Wildman–Crippen MR) is 93.2 cm³/mol. The third-order valence-electron chi connectivity index (χ3n) is 4.42. The van der Waals surface area contributed by atoms with E-state index in [1.807, 2.05) is 31.2 Å². The zero-order valence-electron chi connectivity index (χ0n) is 14.1. The van der Waals surface area contributed by atoms with Gasteiger partial charge >= 0.3 is 0 Å².